The predicted molar refractivity (Wildman–Crippen MR) is 117 cm³/mol. The molecule has 0 bridgehead atoms. The molecule has 7 heteroatoms. The van der Waals surface area contributed by atoms with E-state index in [0.717, 1.165) is 18.4 Å². The fourth-order valence-electron chi connectivity index (χ4n) is 2.71. The molecule has 2 atom stereocenters. The first-order valence-corrected chi connectivity index (χ1v) is 9.75. The van der Waals surface area contributed by atoms with Gasteiger partial charge in [0.1, 0.15) is 12.2 Å². The molecule has 3 N–H and O–H groups in total. The second-order valence-corrected chi connectivity index (χ2v) is 7.73. The summed E-state index contributed by atoms with van der Waals surface area (Å²) >= 11 is 0. The molecular formula is C21H37N5O2. The van der Waals surface area contributed by atoms with Gasteiger partial charge in [-0.05, 0) is 52.0 Å². The third-order valence-corrected chi connectivity index (χ3v) is 5.29. The summed E-state index contributed by atoms with van der Waals surface area (Å²) in [6, 6.07) is 0. The molecule has 0 amide bonds. The van der Waals surface area contributed by atoms with Crippen LogP contribution in [0, 0.1) is 11.3 Å². The highest BCUT2D eigenvalue weighted by Gasteiger charge is 2.41. The van der Waals surface area contributed by atoms with Crippen LogP contribution in [-0.2, 0) is 9.47 Å². The van der Waals surface area contributed by atoms with Crippen LogP contribution in [0.4, 0.5) is 0 Å². The molecule has 1 aliphatic rings. The summed E-state index contributed by atoms with van der Waals surface area (Å²) in [5.74, 6) is 0.764. The molecule has 0 aromatic rings. The van der Waals surface area contributed by atoms with Gasteiger partial charge in [0.2, 0.25) is 0 Å². The van der Waals surface area contributed by atoms with Gasteiger partial charge >= 0.3 is 0 Å². The van der Waals surface area contributed by atoms with Gasteiger partial charge in [0.05, 0.1) is 18.3 Å². The third kappa shape index (κ3) is 7.56. The second-order valence-electron chi connectivity index (χ2n) is 7.73. The van der Waals surface area contributed by atoms with E-state index < -0.39 is 0 Å². The molecule has 1 rings (SSSR count). The smallest absolute Gasteiger partial charge is 0.126 e. The van der Waals surface area contributed by atoms with Gasteiger partial charge in [-0.15, -0.1) is 0 Å². The second kappa shape index (κ2) is 11.1. The minimum absolute atomic E-state index is 0.0109. The lowest BCUT2D eigenvalue weighted by Gasteiger charge is -2.26. The molecular weight excluding hydrogens is 354 g/mol. The van der Waals surface area contributed by atoms with Crippen molar-refractivity contribution in [1.29, 1.82) is 5.41 Å². The summed E-state index contributed by atoms with van der Waals surface area (Å²) in [4.78, 5) is 9.92. The number of hydrogen-bond acceptors (Lipinski definition) is 6. The summed E-state index contributed by atoms with van der Waals surface area (Å²) in [6.07, 6.45) is 5.94. The molecule has 0 spiro atoms. The Labute approximate surface area is 169 Å². The van der Waals surface area contributed by atoms with Gasteiger partial charge in [-0.3, -0.25) is 4.99 Å². The van der Waals surface area contributed by atoms with Crippen LogP contribution in [0.3, 0.4) is 0 Å². The van der Waals surface area contributed by atoms with Gasteiger partial charge in [0.15, 0.2) is 0 Å². The van der Waals surface area contributed by atoms with E-state index >= 15 is 0 Å². The van der Waals surface area contributed by atoms with Crippen LogP contribution in [0.2, 0.25) is 0 Å². The van der Waals surface area contributed by atoms with Crippen LogP contribution in [0.15, 0.2) is 33.2 Å². The van der Waals surface area contributed by atoms with E-state index in [1.807, 2.05) is 24.9 Å². The first-order chi connectivity index (χ1) is 13.1. The highest BCUT2D eigenvalue weighted by Crippen LogP contribution is 2.41. The van der Waals surface area contributed by atoms with Gasteiger partial charge in [0, 0.05) is 44.4 Å². The largest absolute Gasteiger partial charge is 0.401 e. The highest BCUT2D eigenvalue weighted by atomic mass is 16.5. The van der Waals surface area contributed by atoms with Crippen molar-refractivity contribution in [3.8, 4) is 0 Å². The molecule has 28 heavy (non-hydrogen) atoms. The van der Waals surface area contributed by atoms with E-state index in [-0.39, 0.29) is 17.6 Å². The van der Waals surface area contributed by atoms with E-state index in [1.54, 1.807) is 7.11 Å². The number of nitrogens with one attached hydrogen (secondary N) is 1. The van der Waals surface area contributed by atoms with E-state index in [9.17, 15) is 0 Å². The molecule has 7 nitrogen and oxygen atoms in total. The lowest BCUT2D eigenvalue weighted by atomic mass is 9.95. The zero-order valence-electron chi connectivity index (χ0n) is 18.3. The van der Waals surface area contributed by atoms with Crippen molar-refractivity contribution < 1.29 is 9.47 Å². The summed E-state index contributed by atoms with van der Waals surface area (Å²) in [7, 11) is 3.58. The van der Waals surface area contributed by atoms with Crippen LogP contribution in [0.5, 0.6) is 0 Å². The number of rotatable bonds is 13. The van der Waals surface area contributed by atoms with Crippen LogP contribution in [0.25, 0.3) is 0 Å². The standard InChI is InChI=1S/C21H37N5O2/c1-15(17(3)28-21(4)10-11-21)20(23)16(2)18(22)8-9-19(25-14-24-5)26(6)12-13-27-7/h9,14-15,17,22H,5,8,10-13,23H2,1-4,6-7H3/b19-9+,20-16-,22-18?,25-14-. The van der Waals surface area contributed by atoms with Gasteiger partial charge in [0.25, 0.3) is 0 Å². The Bertz CT molecular complexity index is 635. The van der Waals surface area contributed by atoms with Crippen molar-refractivity contribution in [3.63, 3.8) is 0 Å². The first-order valence-electron chi connectivity index (χ1n) is 9.75. The number of methoxy groups -OCH3 is 1. The van der Waals surface area contributed by atoms with Gasteiger partial charge in [-0.1, -0.05) is 6.92 Å². The van der Waals surface area contributed by atoms with E-state index in [0.29, 0.717) is 36.8 Å². The Kier molecular flexibility index (Phi) is 9.55. The number of likely N-dealkylation sites (N-methyl/N-ethyl adjacent to an activating group) is 1. The van der Waals surface area contributed by atoms with Crippen molar-refractivity contribution in [1.82, 2.24) is 4.90 Å². The molecule has 1 fully saturated rings. The highest BCUT2D eigenvalue weighted by molar-refractivity contribution is 5.98. The van der Waals surface area contributed by atoms with Crippen LogP contribution in [-0.4, -0.2) is 62.7 Å². The topological polar surface area (TPSA) is 96.3 Å². The molecule has 0 aliphatic heterocycles. The summed E-state index contributed by atoms with van der Waals surface area (Å²) in [5, 5.41) is 8.45. The molecule has 0 radical (unpaired) electrons. The van der Waals surface area contributed by atoms with Crippen LogP contribution >= 0.6 is 0 Å². The Morgan fingerprint density at radius 2 is 2.04 bits per heavy atom. The fraction of sp³-hybridized carbons (Fsp3) is 0.667. The minimum atomic E-state index is 0.0109. The Morgan fingerprint density at radius 1 is 1.39 bits per heavy atom. The van der Waals surface area contributed by atoms with Crippen molar-refractivity contribution in [2.75, 3.05) is 27.3 Å². The normalized spacial score (nSPS) is 19.1. The quantitative estimate of drug-likeness (QED) is 0.372. The fourth-order valence-corrected chi connectivity index (χ4v) is 2.71. The maximum Gasteiger partial charge on any atom is 0.126 e. The summed E-state index contributed by atoms with van der Waals surface area (Å²) in [5.41, 5.74) is 8.35. The maximum atomic E-state index is 8.45. The molecule has 2 unspecified atom stereocenters. The Morgan fingerprint density at radius 3 is 2.57 bits per heavy atom. The van der Waals surface area contributed by atoms with Crippen molar-refractivity contribution in [2.24, 2.45) is 21.6 Å². The molecule has 158 valence electrons. The van der Waals surface area contributed by atoms with Gasteiger partial charge in [-0.2, -0.15) is 0 Å². The first kappa shape index (κ1) is 24.0. The molecule has 1 aliphatic carbocycles. The van der Waals surface area contributed by atoms with Crippen molar-refractivity contribution in [3.05, 3.63) is 23.2 Å². The molecule has 0 aromatic carbocycles. The number of nitrogens with two attached hydrogens (primary N) is 1. The zero-order valence-corrected chi connectivity index (χ0v) is 18.3. The van der Waals surface area contributed by atoms with Gasteiger partial charge in [-0.25, -0.2) is 4.99 Å². The predicted octanol–water partition coefficient (Wildman–Crippen LogP) is 3.37. The number of hydrogen-bond donors (Lipinski definition) is 2. The number of aliphatic imine (C=N–C) groups is 2. The average Bonchev–Trinajstić information content (AvgIpc) is 3.40. The monoisotopic (exact) mass is 391 g/mol. The molecule has 0 heterocycles. The lowest BCUT2D eigenvalue weighted by molar-refractivity contribution is -0.0288. The van der Waals surface area contributed by atoms with Crippen LogP contribution < -0.4 is 5.73 Å². The lowest BCUT2D eigenvalue weighted by Crippen LogP contribution is -2.29. The summed E-state index contributed by atoms with van der Waals surface area (Å²) < 4.78 is 11.2. The third-order valence-electron chi connectivity index (χ3n) is 5.29. The maximum absolute atomic E-state index is 8.45. The summed E-state index contributed by atoms with van der Waals surface area (Å²) in [6.45, 7) is 12.8. The van der Waals surface area contributed by atoms with E-state index in [1.165, 1.54) is 6.34 Å². The Balaban J connectivity index is 2.82. The van der Waals surface area contributed by atoms with Gasteiger partial charge < -0.3 is 25.5 Å². The SMILES string of the molecule is C=N/C=N\C(=C/CC(=N)/C(C)=C(\N)C(C)C(C)OC1(C)CC1)N(C)CCOC. The van der Waals surface area contributed by atoms with Crippen molar-refractivity contribution in [2.45, 2.75) is 58.7 Å². The molecule has 1 saturated carbocycles. The van der Waals surface area contributed by atoms with E-state index in [4.69, 9.17) is 20.6 Å². The number of ether oxygens (including phenoxy) is 2. The van der Waals surface area contributed by atoms with E-state index in [2.05, 4.69) is 37.5 Å². The molecule has 0 aromatic heterocycles. The number of allylic oxidation sites excluding steroid dienone is 2. The molecule has 0 saturated heterocycles. The van der Waals surface area contributed by atoms with Crippen molar-refractivity contribution >= 4 is 18.8 Å². The Hall–Kier alpha value is -1.99. The minimum Gasteiger partial charge on any atom is -0.401 e. The number of nitrogens with zero attached hydrogens (tertiary/aromatic N) is 3. The van der Waals surface area contributed by atoms with Crippen LogP contribution in [0.1, 0.15) is 47.0 Å². The average molecular weight is 392 g/mol. The zero-order chi connectivity index (χ0) is 21.3.